The third-order valence-corrected chi connectivity index (χ3v) is 5.04. The molecule has 0 fully saturated rings. The Kier molecular flexibility index (Phi) is 5.03. The molecule has 0 bridgehead atoms. The van der Waals surface area contributed by atoms with E-state index in [1.54, 1.807) is 17.4 Å². The van der Waals surface area contributed by atoms with Gasteiger partial charge in [0.05, 0.1) is 19.5 Å². The Morgan fingerprint density at radius 2 is 2.04 bits per heavy atom. The molecule has 27 heavy (non-hydrogen) atoms. The van der Waals surface area contributed by atoms with E-state index in [4.69, 9.17) is 4.74 Å². The molecule has 1 amide bonds. The first-order chi connectivity index (χ1) is 13.2. The van der Waals surface area contributed by atoms with Crippen LogP contribution in [0.25, 0.3) is 0 Å². The maximum Gasteiger partial charge on any atom is 0.254 e. The number of hydrogen-bond acceptors (Lipinski definition) is 3. The van der Waals surface area contributed by atoms with Crippen LogP contribution in [0.2, 0.25) is 0 Å². The van der Waals surface area contributed by atoms with Gasteiger partial charge in [-0.2, -0.15) is 0 Å². The summed E-state index contributed by atoms with van der Waals surface area (Å²) < 4.78 is 7.94. The highest BCUT2D eigenvalue weighted by atomic mass is 16.5. The second-order valence-corrected chi connectivity index (χ2v) is 6.89. The van der Waals surface area contributed by atoms with Crippen molar-refractivity contribution in [1.82, 2.24) is 14.5 Å². The van der Waals surface area contributed by atoms with Crippen LogP contribution < -0.4 is 0 Å². The summed E-state index contributed by atoms with van der Waals surface area (Å²) in [4.78, 5) is 19.0. The number of fused-ring (bicyclic) bond motifs is 1. The standard InChI is InChI=1S/C22H23N3O2/c1-24(15-21-19-8-4-2-6-17(19)10-13-27-21)22(26)20-9-5-3-7-18(20)14-25-12-11-23-16-25/h2-9,11-12,16,21H,10,13-15H2,1H3/t21-/m0/s1. The van der Waals surface area contributed by atoms with Crippen molar-refractivity contribution >= 4 is 5.91 Å². The van der Waals surface area contributed by atoms with Crippen molar-refractivity contribution in [1.29, 1.82) is 0 Å². The van der Waals surface area contributed by atoms with E-state index < -0.39 is 0 Å². The molecule has 138 valence electrons. The Labute approximate surface area is 159 Å². The molecule has 0 saturated heterocycles. The van der Waals surface area contributed by atoms with Crippen molar-refractivity contribution < 1.29 is 9.53 Å². The van der Waals surface area contributed by atoms with Crippen LogP contribution >= 0.6 is 0 Å². The number of rotatable bonds is 5. The Hall–Kier alpha value is -2.92. The van der Waals surface area contributed by atoms with Gasteiger partial charge in [0.1, 0.15) is 6.10 Å². The molecule has 1 aliphatic heterocycles. The van der Waals surface area contributed by atoms with Crippen molar-refractivity contribution in [3.05, 3.63) is 89.5 Å². The molecule has 1 aromatic heterocycles. The third-order valence-electron chi connectivity index (χ3n) is 5.04. The molecular formula is C22H23N3O2. The van der Waals surface area contributed by atoms with Gasteiger partial charge in [0.2, 0.25) is 0 Å². The zero-order chi connectivity index (χ0) is 18.6. The lowest BCUT2D eigenvalue weighted by molar-refractivity contribution is 0.0200. The highest BCUT2D eigenvalue weighted by Gasteiger charge is 2.24. The molecule has 5 heteroatoms. The van der Waals surface area contributed by atoms with E-state index in [9.17, 15) is 4.79 Å². The molecule has 0 unspecified atom stereocenters. The van der Waals surface area contributed by atoms with Crippen molar-refractivity contribution in [2.24, 2.45) is 0 Å². The Morgan fingerprint density at radius 1 is 1.22 bits per heavy atom. The highest BCUT2D eigenvalue weighted by molar-refractivity contribution is 5.95. The Morgan fingerprint density at radius 3 is 2.89 bits per heavy atom. The predicted octanol–water partition coefficient (Wildman–Crippen LogP) is 3.32. The molecule has 1 aliphatic rings. The van der Waals surface area contributed by atoms with Crippen molar-refractivity contribution in [3.63, 3.8) is 0 Å². The van der Waals surface area contributed by atoms with E-state index in [-0.39, 0.29) is 12.0 Å². The first-order valence-electron chi connectivity index (χ1n) is 9.21. The highest BCUT2D eigenvalue weighted by Crippen LogP contribution is 2.28. The lowest BCUT2D eigenvalue weighted by Crippen LogP contribution is -2.34. The average molecular weight is 361 g/mol. The predicted molar refractivity (Wildman–Crippen MR) is 104 cm³/mol. The maximum absolute atomic E-state index is 13.1. The molecule has 4 rings (SSSR count). The summed E-state index contributed by atoms with van der Waals surface area (Å²) in [5.41, 5.74) is 4.21. The van der Waals surface area contributed by atoms with Crippen molar-refractivity contribution in [3.8, 4) is 0 Å². The largest absolute Gasteiger partial charge is 0.371 e. The van der Waals surface area contributed by atoms with E-state index in [2.05, 4.69) is 23.2 Å². The molecule has 1 atom stereocenters. The zero-order valence-electron chi connectivity index (χ0n) is 15.4. The second-order valence-electron chi connectivity index (χ2n) is 6.89. The van der Waals surface area contributed by atoms with Gasteiger partial charge in [0.15, 0.2) is 0 Å². The molecule has 0 spiro atoms. The van der Waals surface area contributed by atoms with Crippen LogP contribution in [0.3, 0.4) is 0 Å². The third kappa shape index (κ3) is 3.78. The van der Waals surface area contributed by atoms with Gasteiger partial charge in [-0.15, -0.1) is 0 Å². The Bertz CT molecular complexity index is 921. The van der Waals surface area contributed by atoms with Gasteiger partial charge in [-0.05, 0) is 29.2 Å². The topological polar surface area (TPSA) is 47.4 Å². The molecule has 0 radical (unpaired) electrons. The molecule has 0 aliphatic carbocycles. The molecule has 0 N–H and O–H groups in total. The summed E-state index contributed by atoms with van der Waals surface area (Å²) in [5, 5.41) is 0. The van der Waals surface area contributed by atoms with E-state index in [1.807, 2.05) is 48.1 Å². The fourth-order valence-corrected chi connectivity index (χ4v) is 3.61. The van der Waals surface area contributed by atoms with Crippen LogP contribution in [0, 0.1) is 0 Å². The summed E-state index contributed by atoms with van der Waals surface area (Å²) >= 11 is 0. The summed E-state index contributed by atoms with van der Waals surface area (Å²) in [5.74, 6) is 0.0115. The summed E-state index contributed by atoms with van der Waals surface area (Å²) in [6.07, 6.45) is 6.26. The van der Waals surface area contributed by atoms with E-state index in [1.165, 1.54) is 11.1 Å². The second kappa shape index (κ2) is 7.76. The average Bonchev–Trinajstić information content (AvgIpc) is 3.21. The first kappa shape index (κ1) is 17.5. The lowest BCUT2D eigenvalue weighted by atomic mass is 9.97. The van der Waals surface area contributed by atoms with Gasteiger partial charge in [-0.3, -0.25) is 4.79 Å². The number of hydrogen-bond donors (Lipinski definition) is 0. The van der Waals surface area contributed by atoms with E-state index in [0.29, 0.717) is 19.7 Å². The molecule has 0 saturated carbocycles. The van der Waals surface area contributed by atoms with Crippen molar-refractivity contribution in [2.75, 3.05) is 20.2 Å². The minimum absolute atomic E-state index is 0.0115. The van der Waals surface area contributed by atoms with Gasteiger partial charge in [-0.1, -0.05) is 42.5 Å². The molecule has 2 aromatic carbocycles. The number of aromatic nitrogens is 2. The number of nitrogens with zero attached hydrogens (tertiary/aromatic N) is 3. The lowest BCUT2D eigenvalue weighted by Gasteiger charge is -2.30. The number of imidazole rings is 1. The minimum Gasteiger partial charge on any atom is -0.371 e. The fourth-order valence-electron chi connectivity index (χ4n) is 3.61. The van der Waals surface area contributed by atoms with Crippen molar-refractivity contribution in [2.45, 2.75) is 19.1 Å². The molecule has 3 aromatic rings. The Balaban J connectivity index is 1.52. The van der Waals surface area contributed by atoms with Crippen LogP contribution in [0.15, 0.2) is 67.3 Å². The number of amides is 1. The molecule has 2 heterocycles. The van der Waals surface area contributed by atoms with Crippen LogP contribution in [-0.2, 0) is 17.7 Å². The number of carbonyl (C=O) groups excluding carboxylic acids is 1. The quantitative estimate of drug-likeness (QED) is 0.700. The van der Waals surface area contributed by atoms with Gasteiger partial charge in [-0.25, -0.2) is 4.98 Å². The molecular weight excluding hydrogens is 338 g/mol. The number of benzene rings is 2. The monoisotopic (exact) mass is 361 g/mol. The zero-order valence-corrected chi connectivity index (χ0v) is 15.4. The minimum atomic E-state index is -0.0790. The maximum atomic E-state index is 13.1. The van der Waals surface area contributed by atoms with Crippen LogP contribution in [-0.4, -0.2) is 40.6 Å². The first-order valence-corrected chi connectivity index (χ1v) is 9.21. The van der Waals surface area contributed by atoms with Gasteiger partial charge >= 0.3 is 0 Å². The van der Waals surface area contributed by atoms with Gasteiger partial charge in [0.25, 0.3) is 5.91 Å². The smallest absolute Gasteiger partial charge is 0.254 e. The van der Waals surface area contributed by atoms with Crippen LogP contribution in [0.4, 0.5) is 0 Å². The fraction of sp³-hybridized carbons (Fsp3) is 0.273. The molecule has 5 nitrogen and oxygen atoms in total. The summed E-state index contributed by atoms with van der Waals surface area (Å²) in [6.45, 7) is 1.86. The van der Waals surface area contributed by atoms with Crippen LogP contribution in [0.1, 0.15) is 33.2 Å². The summed E-state index contributed by atoms with van der Waals surface area (Å²) in [6, 6.07) is 16.1. The number of carbonyl (C=O) groups is 1. The van der Waals surface area contributed by atoms with Gasteiger partial charge < -0.3 is 14.2 Å². The van der Waals surface area contributed by atoms with E-state index >= 15 is 0 Å². The van der Waals surface area contributed by atoms with Gasteiger partial charge in [0, 0.05) is 31.5 Å². The number of ether oxygens (including phenoxy) is 1. The van der Waals surface area contributed by atoms with E-state index in [0.717, 1.165) is 17.5 Å². The normalized spacial score (nSPS) is 16.0. The summed E-state index contributed by atoms with van der Waals surface area (Å²) in [7, 11) is 1.84. The SMILES string of the molecule is CN(C[C@@H]1OCCc2ccccc21)C(=O)c1ccccc1Cn1ccnc1. The number of likely N-dealkylation sites (N-methyl/N-ethyl adjacent to an activating group) is 1. The van der Waals surface area contributed by atoms with Crippen LogP contribution in [0.5, 0.6) is 0 Å².